The van der Waals surface area contributed by atoms with Gasteiger partial charge in [-0.2, -0.15) is 4.98 Å². The number of carbonyl (C=O) groups is 1. The van der Waals surface area contributed by atoms with E-state index >= 15 is 0 Å². The second-order valence-electron chi connectivity index (χ2n) is 7.61. The third-order valence-corrected chi connectivity index (χ3v) is 3.74. The lowest BCUT2D eigenvalue weighted by Gasteiger charge is -2.17. The number of hydrogen-bond acceptors (Lipinski definition) is 4. The first-order chi connectivity index (χ1) is 13.4. The largest absolute Gasteiger partial charge is 0.573 e. The van der Waals surface area contributed by atoms with Crippen molar-refractivity contribution in [1.29, 1.82) is 0 Å². The number of hydrogen-bond donors (Lipinski definition) is 1. The second kappa shape index (κ2) is 7.34. The third kappa shape index (κ3) is 5.21. The molecule has 0 atom stereocenters. The fourth-order valence-corrected chi connectivity index (χ4v) is 2.77. The van der Waals surface area contributed by atoms with Gasteiger partial charge in [-0.3, -0.25) is 9.20 Å². The van der Waals surface area contributed by atoms with Crippen LogP contribution in [0.1, 0.15) is 27.2 Å². The van der Waals surface area contributed by atoms with E-state index < -0.39 is 17.9 Å². The van der Waals surface area contributed by atoms with Crippen LogP contribution in [0, 0.1) is 11.2 Å². The van der Waals surface area contributed by atoms with Gasteiger partial charge in [-0.1, -0.05) is 32.9 Å². The number of nitrogens with zero attached hydrogens (tertiary/aromatic N) is 3. The number of halogens is 4. The summed E-state index contributed by atoms with van der Waals surface area (Å²) in [5.41, 5.74) is 0.119. The maximum atomic E-state index is 13.8. The molecule has 1 N–H and O–H groups in total. The van der Waals surface area contributed by atoms with Crippen LogP contribution in [-0.4, -0.2) is 26.6 Å². The Labute approximate surface area is 163 Å². The first kappa shape index (κ1) is 20.6. The molecule has 1 amide bonds. The highest BCUT2D eigenvalue weighted by molar-refractivity contribution is 5.94. The van der Waals surface area contributed by atoms with Gasteiger partial charge < -0.3 is 10.1 Å². The quantitative estimate of drug-likeness (QED) is 0.627. The molecule has 3 aromatic rings. The van der Waals surface area contributed by atoms with E-state index in [0.29, 0.717) is 0 Å². The SMILES string of the molecule is CC(C)(C)CC(=O)Nc1nc2ncc(F)cn2c1-c1cccc(OC(F)(F)F)c1. The van der Waals surface area contributed by atoms with Gasteiger partial charge in [0, 0.05) is 12.0 Å². The van der Waals surface area contributed by atoms with Crippen LogP contribution in [-0.2, 0) is 4.79 Å². The maximum Gasteiger partial charge on any atom is 0.573 e. The van der Waals surface area contributed by atoms with Crippen molar-refractivity contribution in [2.75, 3.05) is 5.32 Å². The van der Waals surface area contributed by atoms with Crippen molar-refractivity contribution in [2.24, 2.45) is 5.41 Å². The summed E-state index contributed by atoms with van der Waals surface area (Å²) in [6.45, 7) is 5.64. The van der Waals surface area contributed by atoms with E-state index in [1.54, 1.807) is 0 Å². The number of anilines is 1. The standard InChI is InChI=1S/C19H18F4N4O2/c1-18(2,3)8-14(28)25-16-15(27-10-12(20)9-24-17(27)26-16)11-5-4-6-13(7-11)29-19(21,22)23/h4-7,9-10H,8H2,1-3H3,(H,25,28). The molecule has 154 valence electrons. The molecule has 3 rings (SSSR count). The van der Waals surface area contributed by atoms with Gasteiger partial charge in [0.2, 0.25) is 11.7 Å². The number of carbonyl (C=O) groups excluding carboxylic acids is 1. The Morgan fingerprint density at radius 1 is 1.24 bits per heavy atom. The minimum Gasteiger partial charge on any atom is -0.406 e. The van der Waals surface area contributed by atoms with Gasteiger partial charge in [0.15, 0.2) is 11.6 Å². The first-order valence-electron chi connectivity index (χ1n) is 8.61. The average molecular weight is 410 g/mol. The van der Waals surface area contributed by atoms with Gasteiger partial charge in [-0.05, 0) is 17.5 Å². The molecular formula is C19H18F4N4O2. The van der Waals surface area contributed by atoms with Gasteiger partial charge >= 0.3 is 6.36 Å². The summed E-state index contributed by atoms with van der Waals surface area (Å²) in [5.74, 6) is -1.34. The van der Waals surface area contributed by atoms with E-state index in [-0.39, 0.29) is 40.6 Å². The first-order valence-corrected chi connectivity index (χ1v) is 8.61. The minimum atomic E-state index is -4.87. The number of amides is 1. The molecule has 0 saturated carbocycles. The molecule has 29 heavy (non-hydrogen) atoms. The highest BCUT2D eigenvalue weighted by Crippen LogP contribution is 2.33. The monoisotopic (exact) mass is 410 g/mol. The normalized spacial score (nSPS) is 12.2. The van der Waals surface area contributed by atoms with Crippen LogP contribution >= 0.6 is 0 Å². The Balaban J connectivity index is 2.09. The fraction of sp³-hybridized carbons (Fsp3) is 0.316. The molecule has 10 heteroatoms. The Hall–Kier alpha value is -3.17. The molecule has 2 aromatic heterocycles. The number of aromatic nitrogens is 3. The van der Waals surface area contributed by atoms with Crippen LogP contribution in [0.4, 0.5) is 23.4 Å². The summed E-state index contributed by atoms with van der Waals surface area (Å²) >= 11 is 0. The average Bonchev–Trinajstić information content (AvgIpc) is 2.88. The molecule has 1 aromatic carbocycles. The van der Waals surface area contributed by atoms with Crippen molar-refractivity contribution >= 4 is 17.5 Å². The van der Waals surface area contributed by atoms with Gasteiger partial charge in [-0.25, -0.2) is 9.37 Å². The van der Waals surface area contributed by atoms with Gasteiger partial charge in [-0.15, -0.1) is 13.2 Å². The maximum absolute atomic E-state index is 13.8. The molecule has 0 unspecified atom stereocenters. The van der Waals surface area contributed by atoms with Crippen molar-refractivity contribution in [2.45, 2.75) is 33.6 Å². The van der Waals surface area contributed by atoms with Gasteiger partial charge in [0.05, 0.1) is 18.1 Å². The number of fused-ring (bicyclic) bond motifs is 1. The van der Waals surface area contributed by atoms with Crippen molar-refractivity contribution in [3.05, 3.63) is 42.5 Å². The lowest BCUT2D eigenvalue weighted by molar-refractivity contribution is -0.274. The zero-order valence-electron chi connectivity index (χ0n) is 15.8. The summed E-state index contributed by atoms with van der Waals surface area (Å²) in [7, 11) is 0. The summed E-state index contributed by atoms with van der Waals surface area (Å²) in [5, 5.41) is 2.65. The Morgan fingerprint density at radius 3 is 2.62 bits per heavy atom. The van der Waals surface area contributed by atoms with Crippen LogP contribution in [0.2, 0.25) is 0 Å². The van der Waals surface area contributed by atoms with Crippen LogP contribution in [0.3, 0.4) is 0 Å². The molecule has 0 spiro atoms. The van der Waals surface area contributed by atoms with E-state index in [9.17, 15) is 22.4 Å². The predicted molar refractivity (Wildman–Crippen MR) is 97.8 cm³/mol. The summed E-state index contributed by atoms with van der Waals surface area (Å²) in [4.78, 5) is 20.4. The van der Waals surface area contributed by atoms with Crippen LogP contribution in [0.5, 0.6) is 5.75 Å². The fourth-order valence-electron chi connectivity index (χ4n) is 2.77. The highest BCUT2D eigenvalue weighted by Gasteiger charge is 2.31. The van der Waals surface area contributed by atoms with E-state index in [2.05, 4.69) is 20.0 Å². The zero-order valence-corrected chi connectivity index (χ0v) is 15.8. The van der Waals surface area contributed by atoms with Crippen LogP contribution in [0.25, 0.3) is 17.0 Å². The van der Waals surface area contributed by atoms with E-state index in [1.165, 1.54) is 16.5 Å². The lowest BCUT2D eigenvalue weighted by Crippen LogP contribution is -2.20. The molecule has 0 aliphatic rings. The highest BCUT2D eigenvalue weighted by atomic mass is 19.4. The van der Waals surface area contributed by atoms with Gasteiger partial charge in [0.1, 0.15) is 5.75 Å². The van der Waals surface area contributed by atoms with E-state index in [4.69, 9.17) is 0 Å². The van der Waals surface area contributed by atoms with Crippen LogP contribution < -0.4 is 10.1 Å². The van der Waals surface area contributed by atoms with Crippen molar-refractivity contribution in [1.82, 2.24) is 14.4 Å². The number of ether oxygens (including phenoxy) is 1. The molecule has 0 radical (unpaired) electrons. The smallest absolute Gasteiger partial charge is 0.406 e. The number of nitrogens with one attached hydrogen (secondary N) is 1. The topological polar surface area (TPSA) is 68.5 Å². The van der Waals surface area contributed by atoms with Crippen molar-refractivity contribution < 1.29 is 27.1 Å². The summed E-state index contributed by atoms with van der Waals surface area (Å²) in [6, 6.07) is 5.11. The molecule has 6 nitrogen and oxygen atoms in total. The molecule has 2 heterocycles. The van der Waals surface area contributed by atoms with Crippen molar-refractivity contribution in [3.8, 4) is 17.0 Å². The molecule has 0 saturated heterocycles. The second-order valence-corrected chi connectivity index (χ2v) is 7.61. The Kier molecular flexibility index (Phi) is 5.20. The Morgan fingerprint density at radius 2 is 1.97 bits per heavy atom. The van der Waals surface area contributed by atoms with Crippen molar-refractivity contribution in [3.63, 3.8) is 0 Å². The van der Waals surface area contributed by atoms with E-state index in [1.807, 2.05) is 20.8 Å². The number of rotatable bonds is 4. The molecule has 0 aliphatic carbocycles. The zero-order chi connectivity index (χ0) is 21.4. The minimum absolute atomic E-state index is 0.0570. The lowest BCUT2D eigenvalue weighted by atomic mass is 9.92. The summed E-state index contributed by atoms with van der Waals surface area (Å²) in [6.07, 6.45) is -2.65. The third-order valence-electron chi connectivity index (χ3n) is 3.74. The molecular weight excluding hydrogens is 392 g/mol. The number of imidazole rings is 1. The predicted octanol–water partition coefficient (Wildman–Crippen LogP) is 4.81. The number of alkyl halides is 3. The number of benzene rings is 1. The van der Waals surface area contributed by atoms with E-state index in [0.717, 1.165) is 24.5 Å². The molecule has 0 bridgehead atoms. The Bertz CT molecular complexity index is 1050. The molecule has 0 aliphatic heterocycles. The molecule has 0 fully saturated rings. The summed E-state index contributed by atoms with van der Waals surface area (Å²) < 4.78 is 56.7. The van der Waals surface area contributed by atoms with Gasteiger partial charge in [0.25, 0.3) is 0 Å². The van der Waals surface area contributed by atoms with Crippen LogP contribution in [0.15, 0.2) is 36.7 Å².